The summed E-state index contributed by atoms with van der Waals surface area (Å²) in [6.07, 6.45) is 9.46. The first-order valence-electron chi connectivity index (χ1n) is 12.3. The van der Waals surface area contributed by atoms with Gasteiger partial charge in [-0.1, -0.05) is 70.2 Å². The minimum absolute atomic E-state index is 0.0593. The molecule has 0 saturated carbocycles. The number of rotatable bonds is 6. The van der Waals surface area contributed by atoms with E-state index in [0.29, 0.717) is 0 Å². The van der Waals surface area contributed by atoms with Crippen LogP contribution in [-0.4, -0.2) is 38.8 Å². The van der Waals surface area contributed by atoms with E-state index in [1.165, 1.54) is 17.4 Å². The molecule has 1 unspecified atom stereocenters. The number of methoxy groups -OCH3 is 1. The Morgan fingerprint density at radius 3 is 2.29 bits per heavy atom. The topological polar surface area (TPSA) is 39.7 Å². The van der Waals surface area contributed by atoms with E-state index in [-0.39, 0.29) is 17.9 Å². The predicted molar refractivity (Wildman–Crippen MR) is 149 cm³/mol. The molecule has 1 fully saturated rings. The van der Waals surface area contributed by atoms with Gasteiger partial charge in [-0.25, -0.2) is 0 Å². The van der Waals surface area contributed by atoms with E-state index in [1.54, 1.807) is 7.11 Å². The van der Waals surface area contributed by atoms with Crippen molar-refractivity contribution in [2.75, 3.05) is 20.7 Å². The molecule has 1 aromatic rings. The summed E-state index contributed by atoms with van der Waals surface area (Å²) in [6.45, 7) is 20.9. The lowest BCUT2D eigenvalue weighted by molar-refractivity contribution is 0.0374. The van der Waals surface area contributed by atoms with Gasteiger partial charge in [-0.05, 0) is 63.7 Å². The first-order chi connectivity index (χ1) is 16.0. The largest absolute Gasteiger partial charge is 0.505 e. The number of likely N-dealkylation sites (N-methyl/N-ethyl adjacent to an activating group) is 1. The van der Waals surface area contributed by atoms with E-state index in [1.807, 2.05) is 33.9 Å². The lowest BCUT2D eigenvalue weighted by Gasteiger charge is -2.34. The van der Waals surface area contributed by atoms with Gasteiger partial charge in [0.2, 0.25) is 0 Å². The summed E-state index contributed by atoms with van der Waals surface area (Å²) in [5, 5.41) is 4.05. The van der Waals surface area contributed by atoms with Crippen molar-refractivity contribution >= 4 is 24.0 Å². The number of ether oxygens (including phenoxy) is 2. The van der Waals surface area contributed by atoms with Crippen LogP contribution < -0.4 is 15.5 Å². The molecule has 34 heavy (non-hydrogen) atoms. The molecule has 0 bridgehead atoms. The highest BCUT2D eigenvalue weighted by Crippen LogP contribution is 2.47. The Morgan fingerprint density at radius 2 is 1.85 bits per heavy atom. The molecule has 0 amide bonds. The molecule has 1 aromatic carbocycles. The van der Waals surface area contributed by atoms with Gasteiger partial charge in [0.05, 0.1) is 19.0 Å². The summed E-state index contributed by atoms with van der Waals surface area (Å²) in [5.74, 6) is 0.908. The minimum Gasteiger partial charge on any atom is -0.505 e. The van der Waals surface area contributed by atoms with E-state index in [4.69, 9.17) is 21.0 Å². The number of benzene rings is 1. The fourth-order valence-corrected chi connectivity index (χ4v) is 4.76. The smallest absolute Gasteiger partial charge is 0.333 e. The Bertz CT molecular complexity index is 863. The van der Waals surface area contributed by atoms with Gasteiger partial charge in [-0.3, -0.25) is 0 Å². The Morgan fingerprint density at radius 1 is 1.24 bits per heavy atom. The first-order valence-corrected chi connectivity index (χ1v) is 12.7. The Balaban J connectivity index is 0.000000872. The summed E-state index contributed by atoms with van der Waals surface area (Å²) >= 11 is 6.71. The fraction of sp³-hybridized carbons (Fsp3) is 0.571. The summed E-state index contributed by atoms with van der Waals surface area (Å²) in [6, 6.07) is 4.11. The van der Waals surface area contributed by atoms with Crippen molar-refractivity contribution in [2.24, 2.45) is 5.41 Å². The molecule has 0 spiro atoms. The van der Waals surface area contributed by atoms with Crippen LogP contribution in [0.3, 0.4) is 0 Å². The second-order valence-electron chi connectivity index (χ2n) is 9.60. The second-order valence-corrected chi connectivity index (χ2v) is 10.0. The van der Waals surface area contributed by atoms with Gasteiger partial charge in [0, 0.05) is 23.5 Å². The van der Waals surface area contributed by atoms with Crippen LogP contribution in [0.5, 0.6) is 5.75 Å². The van der Waals surface area contributed by atoms with Crippen molar-refractivity contribution in [3.05, 3.63) is 59.4 Å². The maximum absolute atomic E-state index is 6.75. The van der Waals surface area contributed by atoms with Gasteiger partial charge in [0.1, 0.15) is 5.75 Å². The molecule has 2 aliphatic heterocycles. The average Bonchev–Trinajstić information content (AvgIpc) is 3.27. The van der Waals surface area contributed by atoms with Crippen molar-refractivity contribution in [3.63, 3.8) is 0 Å². The highest BCUT2D eigenvalue weighted by atomic mass is 35.5. The molecule has 1 N–H and O–H groups in total. The van der Waals surface area contributed by atoms with Crippen LogP contribution in [0.1, 0.15) is 61.0 Å². The first kappa shape index (κ1) is 30.3. The van der Waals surface area contributed by atoms with Crippen LogP contribution >= 0.6 is 11.6 Å². The standard InChI is InChI=1S/C23H33BClNO2.C3H6O.C2H6/c1-8-10-17(9-2)23(15-26-7)13-16-11-12-18(25)19(20(16)27-23)24-14-21(3,4)22(5,6)28-24;1-3-4-2;1-2/h8-12,26H,13-15H2,1-7H3;3H,1H2,2H3;1-2H3/b10-8-,17-9+;;. The molecule has 0 radical (unpaired) electrons. The molecule has 2 aliphatic rings. The van der Waals surface area contributed by atoms with E-state index in [2.05, 4.69) is 75.5 Å². The number of fused-ring (bicyclic) bond motifs is 1. The van der Waals surface area contributed by atoms with Crippen LogP contribution in [0.25, 0.3) is 0 Å². The Kier molecular flexibility index (Phi) is 11.5. The van der Waals surface area contributed by atoms with Gasteiger partial charge in [0.25, 0.3) is 0 Å². The third-order valence-electron chi connectivity index (χ3n) is 6.89. The Hall–Kier alpha value is -1.69. The van der Waals surface area contributed by atoms with Gasteiger partial charge in [0.15, 0.2) is 5.60 Å². The van der Waals surface area contributed by atoms with E-state index < -0.39 is 5.60 Å². The van der Waals surface area contributed by atoms with Gasteiger partial charge >= 0.3 is 6.92 Å². The lowest BCUT2D eigenvalue weighted by atomic mass is 9.53. The monoisotopic (exact) mass is 489 g/mol. The highest BCUT2D eigenvalue weighted by molar-refractivity contribution is 6.72. The van der Waals surface area contributed by atoms with Gasteiger partial charge in [-0.2, -0.15) is 0 Å². The minimum atomic E-state index is -0.429. The third kappa shape index (κ3) is 6.30. The molecule has 190 valence electrons. The highest BCUT2D eigenvalue weighted by Gasteiger charge is 2.52. The number of halogens is 1. The maximum Gasteiger partial charge on any atom is 0.333 e. The number of hydrogen-bond donors (Lipinski definition) is 1. The third-order valence-corrected chi connectivity index (χ3v) is 7.22. The molecule has 6 heteroatoms. The summed E-state index contributed by atoms with van der Waals surface area (Å²) in [5.41, 5.74) is 2.79. The van der Waals surface area contributed by atoms with Gasteiger partial charge in [-0.15, -0.1) is 0 Å². The quantitative estimate of drug-likeness (QED) is 0.278. The number of hydrogen-bond acceptors (Lipinski definition) is 4. The van der Waals surface area contributed by atoms with Crippen molar-refractivity contribution in [2.45, 2.75) is 79.3 Å². The molecular formula is C28H45BClNO3. The zero-order valence-electron chi connectivity index (χ0n) is 23.0. The molecule has 3 rings (SSSR count). The fourth-order valence-electron chi connectivity index (χ4n) is 4.48. The Labute approximate surface area is 213 Å². The van der Waals surface area contributed by atoms with E-state index >= 15 is 0 Å². The van der Waals surface area contributed by atoms with Crippen molar-refractivity contribution in [3.8, 4) is 5.75 Å². The van der Waals surface area contributed by atoms with Crippen molar-refractivity contribution < 1.29 is 14.1 Å². The maximum atomic E-state index is 6.75. The number of nitrogens with one attached hydrogen (secondary N) is 1. The summed E-state index contributed by atoms with van der Waals surface area (Å²) in [7, 11) is 3.53. The van der Waals surface area contributed by atoms with Crippen LogP contribution in [-0.2, 0) is 15.8 Å². The molecule has 4 nitrogen and oxygen atoms in total. The predicted octanol–water partition coefficient (Wildman–Crippen LogP) is 6.59. The normalized spacial score (nSPS) is 22.2. The van der Waals surface area contributed by atoms with Crippen LogP contribution in [0, 0.1) is 5.41 Å². The second kappa shape index (κ2) is 12.9. The van der Waals surface area contributed by atoms with Crippen molar-refractivity contribution in [1.82, 2.24) is 5.32 Å². The lowest BCUT2D eigenvalue weighted by Crippen LogP contribution is -2.46. The van der Waals surface area contributed by atoms with E-state index in [9.17, 15) is 0 Å². The van der Waals surface area contributed by atoms with Crippen LogP contribution in [0.4, 0.5) is 0 Å². The number of allylic oxidation sites excluding steroid dienone is 2. The SMILES string of the molecule is C/C=C\C(=C/C)C1(CNC)Cc2ccc(Cl)c(B3CC(C)(C)C(C)(C)O3)c2O1.C=COC.CC. The molecule has 1 atom stereocenters. The summed E-state index contributed by atoms with van der Waals surface area (Å²) < 4.78 is 17.6. The zero-order valence-corrected chi connectivity index (χ0v) is 23.7. The van der Waals surface area contributed by atoms with Crippen molar-refractivity contribution in [1.29, 1.82) is 0 Å². The van der Waals surface area contributed by atoms with Crippen LogP contribution in [0.2, 0.25) is 11.3 Å². The molecule has 0 aromatic heterocycles. The van der Waals surface area contributed by atoms with E-state index in [0.717, 1.165) is 35.5 Å². The summed E-state index contributed by atoms with van der Waals surface area (Å²) in [4.78, 5) is 0. The molecule has 1 saturated heterocycles. The zero-order chi connectivity index (χ0) is 26.2. The van der Waals surface area contributed by atoms with Crippen LogP contribution in [0.15, 0.2) is 48.8 Å². The molecule has 0 aliphatic carbocycles. The molecular weight excluding hydrogens is 445 g/mol. The van der Waals surface area contributed by atoms with Gasteiger partial charge < -0.3 is 19.4 Å². The molecule has 2 heterocycles. The average molecular weight is 490 g/mol.